The van der Waals surface area contributed by atoms with Gasteiger partial charge in [-0.15, -0.1) is 24.0 Å². The number of morpholine rings is 1. The van der Waals surface area contributed by atoms with Crippen LogP contribution in [0.15, 0.2) is 4.99 Å². The van der Waals surface area contributed by atoms with Gasteiger partial charge in [-0.2, -0.15) is 0 Å². The highest BCUT2D eigenvalue weighted by molar-refractivity contribution is 14.0. The number of halogens is 1. The molecule has 7 nitrogen and oxygen atoms in total. The first-order valence-corrected chi connectivity index (χ1v) is 9.26. The smallest absolute Gasteiger partial charge is 0.191 e. The minimum absolute atomic E-state index is 0. The van der Waals surface area contributed by atoms with E-state index in [-0.39, 0.29) is 24.0 Å². The maximum Gasteiger partial charge on any atom is 0.191 e. The maximum atomic E-state index is 5.37. The Morgan fingerprint density at radius 2 is 1.96 bits per heavy atom. The Kier molecular flexibility index (Phi) is 17.2. The zero-order valence-electron chi connectivity index (χ0n) is 16.3. The van der Waals surface area contributed by atoms with E-state index >= 15 is 0 Å². The average Bonchev–Trinajstić information content (AvgIpc) is 2.61. The summed E-state index contributed by atoms with van der Waals surface area (Å²) in [7, 11) is 3.86. The van der Waals surface area contributed by atoms with Crippen LogP contribution in [0.5, 0.6) is 0 Å². The molecule has 150 valence electrons. The van der Waals surface area contributed by atoms with Crippen LogP contribution in [0.25, 0.3) is 0 Å². The van der Waals surface area contributed by atoms with Crippen molar-refractivity contribution in [2.75, 3.05) is 86.3 Å². The second-order valence-corrected chi connectivity index (χ2v) is 6.14. The number of nitrogens with one attached hydrogen (secondary N) is 2. The third-order valence-electron chi connectivity index (χ3n) is 4.04. The third-order valence-corrected chi connectivity index (χ3v) is 4.04. The fraction of sp³-hybridized carbons (Fsp3) is 0.941. The van der Waals surface area contributed by atoms with Crippen molar-refractivity contribution < 1.29 is 9.47 Å². The molecule has 0 aromatic carbocycles. The summed E-state index contributed by atoms with van der Waals surface area (Å²) in [6, 6.07) is 0. The molecule has 1 fully saturated rings. The molecule has 1 rings (SSSR count). The molecule has 0 aromatic heterocycles. The lowest BCUT2D eigenvalue weighted by Gasteiger charge is -2.26. The van der Waals surface area contributed by atoms with Gasteiger partial charge in [0.1, 0.15) is 0 Å². The van der Waals surface area contributed by atoms with Crippen LogP contribution >= 0.6 is 24.0 Å². The van der Waals surface area contributed by atoms with E-state index in [1.807, 2.05) is 0 Å². The van der Waals surface area contributed by atoms with Gasteiger partial charge in [0.2, 0.25) is 0 Å². The molecule has 2 N–H and O–H groups in total. The van der Waals surface area contributed by atoms with Gasteiger partial charge < -0.3 is 25.0 Å². The summed E-state index contributed by atoms with van der Waals surface area (Å²) in [5.41, 5.74) is 0. The largest absolute Gasteiger partial charge is 0.383 e. The van der Waals surface area contributed by atoms with E-state index in [0.29, 0.717) is 0 Å². The Morgan fingerprint density at radius 3 is 2.64 bits per heavy atom. The van der Waals surface area contributed by atoms with E-state index in [9.17, 15) is 0 Å². The van der Waals surface area contributed by atoms with E-state index in [4.69, 9.17) is 9.47 Å². The van der Waals surface area contributed by atoms with Crippen molar-refractivity contribution in [2.24, 2.45) is 4.99 Å². The number of nitrogens with zero attached hydrogens (tertiary/aromatic N) is 3. The monoisotopic (exact) mass is 471 g/mol. The van der Waals surface area contributed by atoms with Gasteiger partial charge in [-0.1, -0.05) is 0 Å². The van der Waals surface area contributed by atoms with E-state index in [0.717, 1.165) is 91.0 Å². The van der Waals surface area contributed by atoms with Gasteiger partial charge in [-0.3, -0.25) is 9.89 Å². The molecule has 1 saturated heterocycles. The molecule has 0 bridgehead atoms. The molecule has 0 saturated carbocycles. The highest BCUT2D eigenvalue weighted by atomic mass is 127. The van der Waals surface area contributed by atoms with E-state index in [1.54, 1.807) is 7.11 Å². The standard InChI is InChI=1S/C17H37N5O2.HI/c1-4-18-17(19-7-5-9-21(2)11-14-23-3)20-8-6-10-22-12-15-24-16-13-22;/h4-16H2,1-3H3,(H2,18,19,20);1H. The molecule has 0 unspecified atom stereocenters. The van der Waals surface area contributed by atoms with Crippen molar-refractivity contribution in [1.82, 2.24) is 20.4 Å². The van der Waals surface area contributed by atoms with Crippen molar-refractivity contribution in [3.63, 3.8) is 0 Å². The number of likely N-dealkylation sites (N-methyl/N-ethyl adjacent to an activating group) is 1. The van der Waals surface area contributed by atoms with E-state index in [1.165, 1.54) is 0 Å². The molecule has 0 spiro atoms. The lowest BCUT2D eigenvalue weighted by molar-refractivity contribution is 0.0376. The third kappa shape index (κ3) is 13.7. The van der Waals surface area contributed by atoms with Crippen LogP contribution in [-0.4, -0.2) is 102 Å². The maximum absolute atomic E-state index is 5.37. The number of aliphatic imine (C=N–C) groups is 1. The van der Waals surface area contributed by atoms with Crippen LogP contribution in [0, 0.1) is 0 Å². The van der Waals surface area contributed by atoms with Gasteiger partial charge >= 0.3 is 0 Å². The molecule has 0 atom stereocenters. The molecule has 1 aliphatic rings. The summed E-state index contributed by atoms with van der Waals surface area (Å²) < 4.78 is 10.5. The number of guanidine groups is 1. The number of hydrogen-bond acceptors (Lipinski definition) is 5. The van der Waals surface area contributed by atoms with E-state index in [2.05, 4.69) is 39.4 Å². The van der Waals surface area contributed by atoms with Crippen LogP contribution in [-0.2, 0) is 9.47 Å². The Balaban J connectivity index is 0.00000576. The van der Waals surface area contributed by atoms with Gasteiger partial charge in [-0.05, 0) is 39.9 Å². The van der Waals surface area contributed by atoms with Gasteiger partial charge in [0.15, 0.2) is 5.96 Å². The Hall–Kier alpha value is -0.160. The first-order chi connectivity index (χ1) is 11.8. The molecule has 0 amide bonds. The number of methoxy groups -OCH3 is 1. The highest BCUT2D eigenvalue weighted by Crippen LogP contribution is 1.97. The molecule has 0 aliphatic carbocycles. The summed E-state index contributed by atoms with van der Waals surface area (Å²) >= 11 is 0. The normalized spacial score (nSPS) is 15.9. The van der Waals surface area contributed by atoms with Crippen molar-refractivity contribution >= 4 is 29.9 Å². The lowest BCUT2D eigenvalue weighted by atomic mass is 10.3. The Labute approximate surface area is 170 Å². The first kappa shape index (κ1) is 24.8. The summed E-state index contributed by atoms with van der Waals surface area (Å²) in [5.74, 6) is 0.930. The molecular formula is C17H38IN5O2. The van der Waals surface area contributed by atoms with Crippen molar-refractivity contribution in [2.45, 2.75) is 19.8 Å². The minimum Gasteiger partial charge on any atom is -0.383 e. The van der Waals surface area contributed by atoms with E-state index < -0.39 is 0 Å². The SMILES string of the molecule is CCNC(=NCCCN(C)CCOC)NCCCN1CCOCC1.I. The zero-order chi connectivity index (χ0) is 17.5. The molecule has 1 heterocycles. The second-order valence-electron chi connectivity index (χ2n) is 6.14. The van der Waals surface area contributed by atoms with Crippen LogP contribution in [0.1, 0.15) is 19.8 Å². The minimum atomic E-state index is 0. The Morgan fingerprint density at radius 1 is 1.20 bits per heavy atom. The molecular weight excluding hydrogens is 433 g/mol. The van der Waals surface area contributed by atoms with Gasteiger partial charge in [0, 0.05) is 46.4 Å². The van der Waals surface area contributed by atoms with Gasteiger partial charge in [-0.25, -0.2) is 0 Å². The molecule has 0 radical (unpaired) electrons. The second kappa shape index (κ2) is 17.3. The summed E-state index contributed by atoms with van der Waals surface area (Å²) in [6.07, 6.45) is 2.19. The predicted molar refractivity (Wildman–Crippen MR) is 115 cm³/mol. The summed E-state index contributed by atoms with van der Waals surface area (Å²) in [4.78, 5) is 9.40. The molecule has 25 heavy (non-hydrogen) atoms. The van der Waals surface area contributed by atoms with Crippen LogP contribution in [0.3, 0.4) is 0 Å². The summed E-state index contributed by atoms with van der Waals surface area (Å²) in [6.45, 7) is 12.6. The van der Waals surface area contributed by atoms with Crippen molar-refractivity contribution in [3.05, 3.63) is 0 Å². The van der Waals surface area contributed by atoms with Crippen molar-refractivity contribution in [1.29, 1.82) is 0 Å². The topological polar surface area (TPSA) is 61.4 Å². The fourth-order valence-electron chi connectivity index (χ4n) is 2.57. The zero-order valence-corrected chi connectivity index (χ0v) is 18.6. The van der Waals surface area contributed by atoms with Crippen molar-refractivity contribution in [3.8, 4) is 0 Å². The average molecular weight is 471 g/mol. The van der Waals surface area contributed by atoms with Crippen LogP contribution in [0.4, 0.5) is 0 Å². The number of ether oxygens (including phenoxy) is 2. The summed E-state index contributed by atoms with van der Waals surface area (Å²) in [5, 5.41) is 6.75. The predicted octanol–water partition coefficient (Wildman–Crippen LogP) is 0.850. The fourth-order valence-corrected chi connectivity index (χ4v) is 2.57. The first-order valence-electron chi connectivity index (χ1n) is 9.26. The highest BCUT2D eigenvalue weighted by Gasteiger charge is 2.09. The van der Waals surface area contributed by atoms with Crippen LogP contribution in [0.2, 0.25) is 0 Å². The number of hydrogen-bond donors (Lipinski definition) is 2. The molecule has 8 heteroatoms. The molecule has 1 aliphatic heterocycles. The lowest BCUT2D eigenvalue weighted by Crippen LogP contribution is -2.40. The molecule has 0 aromatic rings. The van der Waals surface area contributed by atoms with Gasteiger partial charge in [0.25, 0.3) is 0 Å². The Bertz CT molecular complexity index is 328. The van der Waals surface area contributed by atoms with Crippen LogP contribution < -0.4 is 10.6 Å². The van der Waals surface area contributed by atoms with Gasteiger partial charge in [0.05, 0.1) is 19.8 Å². The quantitative estimate of drug-likeness (QED) is 0.191. The number of rotatable bonds is 12.